The number of carbonyl (C=O) groups excluding carboxylic acids is 1. The molecule has 0 unspecified atom stereocenters. The van der Waals surface area contributed by atoms with E-state index in [9.17, 15) is 9.90 Å². The van der Waals surface area contributed by atoms with Crippen molar-refractivity contribution in [3.63, 3.8) is 0 Å². The van der Waals surface area contributed by atoms with Crippen LogP contribution in [0.25, 0.3) is 22.6 Å². The minimum Gasteiger partial charge on any atom is -0.507 e. The van der Waals surface area contributed by atoms with E-state index < -0.39 is 0 Å². The molecule has 0 radical (unpaired) electrons. The Balaban J connectivity index is 1.57. The predicted molar refractivity (Wildman–Crippen MR) is 121 cm³/mol. The smallest absolute Gasteiger partial charge is 0.255 e. The van der Waals surface area contributed by atoms with Crippen molar-refractivity contribution in [1.82, 2.24) is 4.98 Å². The van der Waals surface area contributed by atoms with Crippen LogP contribution in [0.5, 0.6) is 11.5 Å². The lowest BCUT2D eigenvalue weighted by atomic mass is 10.1. The van der Waals surface area contributed by atoms with Gasteiger partial charge in [-0.3, -0.25) is 4.79 Å². The SMILES string of the molecule is CCOc1ccc(C(=O)Nc2ccc(-c3nc4cc(C)cc(C)c4o3)c(O)c2)cc1Cl. The Bertz CT molecular complexity index is 1300. The summed E-state index contributed by atoms with van der Waals surface area (Å²) in [5.41, 5.74) is 4.73. The summed E-state index contributed by atoms with van der Waals surface area (Å²) in [5.74, 6) is 0.428. The van der Waals surface area contributed by atoms with Crippen LogP contribution in [-0.4, -0.2) is 22.6 Å². The number of aryl methyl sites for hydroxylation is 2. The standard InChI is InChI=1S/C24H21ClN2O4/c1-4-30-21-8-5-15(11-18(21)25)23(29)26-16-6-7-17(20(28)12-16)24-27-19-10-13(2)9-14(3)22(19)31-24/h5-12,28H,4H2,1-3H3,(H,26,29). The van der Waals surface area contributed by atoms with E-state index in [1.807, 2.05) is 32.9 Å². The minimum atomic E-state index is -0.356. The molecule has 4 rings (SSSR count). The molecule has 0 spiro atoms. The molecular weight excluding hydrogens is 416 g/mol. The van der Waals surface area contributed by atoms with Gasteiger partial charge in [-0.05, 0) is 68.3 Å². The molecule has 3 aromatic carbocycles. The Kier molecular flexibility index (Phi) is 5.57. The minimum absolute atomic E-state index is 0.0524. The molecule has 7 heteroatoms. The zero-order valence-electron chi connectivity index (χ0n) is 17.3. The first kappa shape index (κ1) is 20.8. The first-order chi connectivity index (χ1) is 14.9. The summed E-state index contributed by atoms with van der Waals surface area (Å²) in [6, 6.07) is 13.6. The molecule has 0 bridgehead atoms. The third-order valence-corrected chi connectivity index (χ3v) is 5.10. The van der Waals surface area contributed by atoms with Crippen LogP contribution in [0.4, 0.5) is 5.69 Å². The summed E-state index contributed by atoms with van der Waals surface area (Å²) in [4.78, 5) is 17.1. The zero-order chi connectivity index (χ0) is 22.1. The Labute approximate surface area is 184 Å². The number of fused-ring (bicyclic) bond motifs is 1. The van der Waals surface area contributed by atoms with Crippen molar-refractivity contribution in [2.45, 2.75) is 20.8 Å². The van der Waals surface area contributed by atoms with Crippen molar-refractivity contribution in [1.29, 1.82) is 0 Å². The van der Waals surface area contributed by atoms with E-state index in [0.29, 0.717) is 45.7 Å². The number of rotatable bonds is 5. The van der Waals surface area contributed by atoms with Crippen molar-refractivity contribution < 1.29 is 19.1 Å². The Morgan fingerprint density at radius 2 is 1.97 bits per heavy atom. The highest BCUT2D eigenvalue weighted by atomic mass is 35.5. The number of anilines is 1. The fourth-order valence-corrected chi connectivity index (χ4v) is 3.64. The molecule has 0 saturated heterocycles. The zero-order valence-corrected chi connectivity index (χ0v) is 18.1. The van der Waals surface area contributed by atoms with Gasteiger partial charge in [0.25, 0.3) is 5.91 Å². The Morgan fingerprint density at radius 3 is 2.68 bits per heavy atom. The average molecular weight is 437 g/mol. The number of nitrogens with one attached hydrogen (secondary N) is 1. The van der Waals surface area contributed by atoms with Crippen molar-refractivity contribution in [3.8, 4) is 23.0 Å². The summed E-state index contributed by atoms with van der Waals surface area (Å²) < 4.78 is 11.3. The molecule has 0 saturated carbocycles. The summed E-state index contributed by atoms with van der Waals surface area (Å²) in [5, 5.41) is 13.6. The molecule has 2 N–H and O–H groups in total. The molecule has 1 heterocycles. The van der Waals surface area contributed by atoms with Gasteiger partial charge < -0.3 is 19.6 Å². The van der Waals surface area contributed by atoms with Crippen LogP contribution in [0.3, 0.4) is 0 Å². The molecule has 1 aromatic heterocycles. The van der Waals surface area contributed by atoms with Crippen LogP contribution in [0, 0.1) is 13.8 Å². The molecule has 0 aliphatic heterocycles. The van der Waals surface area contributed by atoms with Gasteiger partial charge in [0.1, 0.15) is 17.0 Å². The molecule has 0 fully saturated rings. The second kappa shape index (κ2) is 8.32. The predicted octanol–water partition coefficient (Wildman–Crippen LogP) is 6.12. The monoisotopic (exact) mass is 436 g/mol. The highest BCUT2D eigenvalue weighted by molar-refractivity contribution is 6.32. The lowest BCUT2D eigenvalue weighted by Crippen LogP contribution is -2.12. The van der Waals surface area contributed by atoms with Crippen molar-refractivity contribution in [2.24, 2.45) is 0 Å². The van der Waals surface area contributed by atoms with Gasteiger partial charge in [0, 0.05) is 17.3 Å². The topological polar surface area (TPSA) is 84.6 Å². The van der Waals surface area contributed by atoms with Crippen LogP contribution < -0.4 is 10.1 Å². The van der Waals surface area contributed by atoms with E-state index in [2.05, 4.69) is 10.3 Å². The highest BCUT2D eigenvalue weighted by Crippen LogP contribution is 2.34. The van der Waals surface area contributed by atoms with Gasteiger partial charge in [-0.15, -0.1) is 0 Å². The molecule has 0 aliphatic carbocycles. The number of phenolic OH excluding ortho intramolecular Hbond substituents is 1. The van der Waals surface area contributed by atoms with Crippen molar-refractivity contribution >= 4 is 34.3 Å². The van der Waals surface area contributed by atoms with E-state index in [4.69, 9.17) is 20.8 Å². The van der Waals surface area contributed by atoms with E-state index in [1.165, 1.54) is 6.07 Å². The molecule has 0 aliphatic rings. The number of oxazole rings is 1. The van der Waals surface area contributed by atoms with Gasteiger partial charge in [0.15, 0.2) is 5.58 Å². The van der Waals surface area contributed by atoms with Gasteiger partial charge in [0.2, 0.25) is 5.89 Å². The third-order valence-electron chi connectivity index (χ3n) is 4.80. The number of ether oxygens (including phenoxy) is 1. The molecule has 6 nitrogen and oxygen atoms in total. The fraction of sp³-hybridized carbons (Fsp3) is 0.167. The molecule has 31 heavy (non-hydrogen) atoms. The number of carbonyl (C=O) groups is 1. The van der Waals surface area contributed by atoms with Gasteiger partial charge in [-0.25, -0.2) is 4.98 Å². The number of benzene rings is 3. The highest BCUT2D eigenvalue weighted by Gasteiger charge is 2.16. The summed E-state index contributed by atoms with van der Waals surface area (Å²) >= 11 is 6.16. The Hall–Kier alpha value is -3.51. The molecule has 1 amide bonds. The normalized spacial score (nSPS) is 11.0. The van der Waals surface area contributed by atoms with Gasteiger partial charge in [0.05, 0.1) is 17.2 Å². The Morgan fingerprint density at radius 1 is 1.16 bits per heavy atom. The fourth-order valence-electron chi connectivity index (χ4n) is 3.40. The number of aromatic hydroxyl groups is 1. The molecular formula is C24H21ClN2O4. The van der Waals surface area contributed by atoms with Gasteiger partial charge in [-0.2, -0.15) is 0 Å². The van der Waals surface area contributed by atoms with Gasteiger partial charge >= 0.3 is 0 Å². The summed E-state index contributed by atoms with van der Waals surface area (Å²) in [6.07, 6.45) is 0. The third kappa shape index (κ3) is 4.20. The molecule has 0 atom stereocenters. The van der Waals surface area contributed by atoms with E-state index in [-0.39, 0.29) is 11.7 Å². The number of phenols is 1. The van der Waals surface area contributed by atoms with Crippen LogP contribution in [0.1, 0.15) is 28.4 Å². The van der Waals surface area contributed by atoms with Crippen molar-refractivity contribution in [2.75, 3.05) is 11.9 Å². The summed E-state index contributed by atoms with van der Waals surface area (Å²) in [6.45, 7) is 6.29. The molecule has 158 valence electrons. The summed E-state index contributed by atoms with van der Waals surface area (Å²) in [7, 11) is 0. The van der Waals surface area contributed by atoms with Crippen LogP contribution in [0.15, 0.2) is 52.9 Å². The molecule has 4 aromatic rings. The number of amides is 1. The lowest BCUT2D eigenvalue weighted by molar-refractivity contribution is 0.102. The number of aromatic nitrogens is 1. The van der Waals surface area contributed by atoms with Crippen LogP contribution >= 0.6 is 11.6 Å². The maximum atomic E-state index is 12.6. The second-order valence-electron chi connectivity index (χ2n) is 7.21. The van der Waals surface area contributed by atoms with E-state index >= 15 is 0 Å². The average Bonchev–Trinajstić information content (AvgIpc) is 3.13. The lowest BCUT2D eigenvalue weighted by Gasteiger charge is -2.09. The number of hydrogen-bond donors (Lipinski definition) is 2. The quantitative estimate of drug-likeness (QED) is 0.393. The number of hydrogen-bond acceptors (Lipinski definition) is 5. The van der Waals surface area contributed by atoms with Crippen LogP contribution in [-0.2, 0) is 0 Å². The van der Waals surface area contributed by atoms with Crippen LogP contribution in [0.2, 0.25) is 5.02 Å². The van der Waals surface area contributed by atoms with Crippen molar-refractivity contribution in [3.05, 3.63) is 70.2 Å². The first-order valence-electron chi connectivity index (χ1n) is 9.80. The number of nitrogens with zero attached hydrogens (tertiary/aromatic N) is 1. The maximum Gasteiger partial charge on any atom is 0.255 e. The first-order valence-corrected chi connectivity index (χ1v) is 10.2. The van der Waals surface area contributed by atoms with E-state index in [0.717, 1.165) is 16.6 Å². The second-order valence-corrected chi connectivity index (χ2v) is 7.62. The van der Waals surface area contributed by atoms with Gasteiger partial charge in [-0.1, -0.05) is 17.7 Å². The van der Waals surface area contributed by atoms with E-state index in [1.54, 1.807) is 30.3 Å². The number of halogens is 1. The maximum absolute atomic E-state index is 12.6. The largest absolute Gasteiger partial charge is 0.507 e.